The molecular weight excluding hydrogens is 379 g/mol. The van der Waals surface area contributed by atoms with Gasteiger partial charge in [-0.1, -0.05) is 24.3 Å². The summed E-state index contributed by atoms with van der Waals surface area (Å²) in [6, 6.07) is 14.2. The number of amides is 1. The minimum atomic E-state index is -3.58. The summed E-state index contributed by atoms with van der Waals surface area (Å²) in [5.41, 5.74) is 1.58. The highest BCUT2D eigenvalue weighted by molar-refractivity contribution is 7.90. The molecule has 1 heterocycles. The summed E-state index contributed by atoms with van der Waals surface area (Å²) in [6.07, 6.45) is 4.04. The predicted octanol–water partition coefficient (Wildman–Crippen LogP) is 3.78. The maximum Gasteiger partial charge on any atom is 0.260 e. The van der Waals surface area contributed by atoms with Crippen LogP contribution in [0.5, 0.6) is 0 Å². The maximum atomic E-state index is 14.0. The van der Waals surface area contributed by atoms with E-state index in [0.717, 1.165) is 6.26 Å². The van der Waals surface area contributed by atoms with Crippen molar-refractivity contribution >= 4 is 21.4 Å². The van der Waals surface area contributed by atoms with E-state index in [4.69, 9.17) is 0 Å². The molecule has 7 heteroatoms. The van der Waals surface area contributed by atoms with E-state index in [-0.39, 0.29) is 22.9 Å². The zero-order valence-electron chi connectivity index (χ0n) is 15.5. The summed E-state index contributed by atoms with van der Waals surface area (Å²) in [4.78, 5) is 18.5. The van der Waals surface area contributed by atoms with Crippen molar-refractivity contribution in [1.29, 1.82) is 0 Å². The van der Waals surface area contributed by atoms with Crippen molar-refractivity contribution in [3.63, 3.8) is 0 Å². The van der Waals surface area contributed by atoms with Crippen molar-refractivity contribution in [2.24, 2.45) is 0 Å². The molecule has 0 N–H and O–H groups in total. The highest BCUT2D eigenvalue weighted by atomic mass is 32.2. The third-order valence-electron chi connectivity index (χ3n) is 4.29. The molecule has 0 aliphatic carbocycles. The standard InChI is InChI=1S/C21H19FN2O3S/c1-15-9-10-16(12-18(15)22)14-24(21(25)17-6-5-11-23-13-17)19-7-3-4-8-20(19)28(2,26)27/h3-13H,14H2,1-2H3. The normalized spacial score (nSPS) is 11.2. The zero-order valence-corrected chi connectivity index (χ0v) is 16.3. The van der Waals surface area contributed by atoms with Crippen molar-refractivity contribution in [3.05, 3.63) is 89.5 Å². The van der Waals surface area contributed by atoms with E-state index in [2.05, 4.69) is 4.98 Å². The number of hydrogen-bond donors (Lipinski definition) is 0. The molecule has 0 bridgehead atoms. The first kappa shape index (κ1) is 19.7. The van der Waals surface area contributed by atoms with Gasteiger partial charge >= 0.3 is 0 Å². The summed E-state index contributed by atoms with van der Waals surface area (Å²) in [5, 5.41) is 0. The number of anilines is 1. The lowest BCUT2D eigenvalue weighted by Gasteiger charge is -2.25. The molecule has 0 saturated carbocycles. The molecule has 2 aromatic carbocycles. The Morgan fingerprint density at radius 3 is 2.50 bits per heavy atom. The number of pyridine rings is 1. The number of hydrogen-bond acceptors (Lipinski definition) is 4. The van der Waals surface area contributed by atoms with E-state index in [0.29, 0.717) is 16.7 Å². The largest absolute Gasteiger partial charge is 0.303 e. The maximum absolute atomic E-state index is 14.0. The number of benzene rings is 2. The van der Waals surface area contributed by atoms with Crippen molar-refractivity contribution in [2.75, 3.05) is 11.2 Å². The fraction of sp³-hybridized carbons (Fsp3) is 0.143. The van der Waals surface area contributed by atoms with Crippen LogP contribution in [-0.4, -0.2) is 25.6 Å². The highest BCUT2D eigenvalue weighted by Crippen LogP contribution is 2.28. The Morgan fingerprint density at radius 1 is 1.11 bits per heavy atom. The molecule has 28 heavy (non-hydrogen) atoms. The molecule has 3 aromatic rings. The number of nitrogens with zero attached hydrogens (tertiary/aromatic N) is 2. The van der Waals surface area contributed by atoms with Gasteiger partial charge in [0.1, 0.15) is 5.82 Å². The third kappa shape index (κ3) is 4.26. The van der Waals surface area contributed by atoms with Crippen LogP contribution in [0.1, 0.15) is 21.5 Å². The number of rotatable bonds is 5. The molecule has 0 radical (unpaired) electrons. The fourth-order valence-electron chi connectivity index (χ4n) is 2.82. The van der Waals surface area contributed by atoms with Crippen molar-refractivity contribution < 1.29 is 17.6 Å². The molecular formula is C21H19FN2O3S. The molecule has 0 atom stereocenters. The van der Waals surface area contributed by atoms with E-state index in [1.165, 1.54) is 23.2 Å². The summed E-state index contributed by atoms with van der Waals surface area (Å²) in [5.74, 6) is -0.812. The molecule has 3 rings (SSSR count). The van der Waals surface area contributed by atoms with E-state index >= 15 is 0 Å². The first-order valence-electron chi connectivity index (χ1n) is 8.53. The second-order valence-electron chi connectivity index (χ2n) is 6.46. The molecule has 0 aliphatic heterocycles. The molecule has 144 valence electrons. The van der Waals surface area contributed by atoms with Gasteiger partial charge < -0.3 is 4.90 Å². The van der Waals surface area contributed by atoms with Crippen LogP contribution in [0, 0.1) is 12.7 Å². The predicted molar refractivity (Wildman–Crippen MR) is 105 cm³/mol. The summed E-state index contributed by atoms with van der Waals surface area (Å²) in [6.45, 7) is 1.66. The minimum absolute atomic E-state index is 0.0114. The van der Waals surface area contributed by atoms with Gasteiger partial charge in [-0.05, 0) is 48.4 Å². The van der Waals surface area contributed by atoms with Gasteiger partial charge in [0.15, 0.2) is 9.84 Å². The number of halogens is 1. The summed E-state index contributed by atoms with van der Waals surface area (Å²) >= 11 is 0. The highest BCUT2D eigenvalue weighted by Gasteiger charge is 2.24. The van der Waals surface area contributed by atoms with Gasteiger partial charge in [0.25, 0.3) is 5.91 Å². The molecule has 0 saturated heterocycles. The van der Waals surface area contributed by atoms with Crippen LogP contribution in [0.2, 0.25) is 0 Å². The van der Waals surface area contributed by atoms with Crippen LogP contribution in [0.4, 0.5) is 10.1 Å². The quantitative estimate of drug-likeness (QED) is 0.656. The molecule has 0 fully saturated rings. The molecule has 1 amide bonds. The van der Waals surface area contributed by atoms with Crippen LogP contribution in [-0.2, 0) is 16.4 Å². The Balaban J connectivity index is 2.12. The monoisotopic (exact) mass is 398 g/mol. The van der Waals surface area contributed by atoms with Gasteiger partial charge in [-0.15, -0.1) is 0 Å². The molecule has 0 unspecified atom stereocenters. The number of aromatic nitrogens is 1. The van der Waals surface area contributed by atoms with Crippen LogP contribution in [0.3, 0.4) is 0 Å². The van der Waals surface area contributed by atoms with Crippen LogP contribution in [0.25, 0.3) is 0 Å². The van der Waals surface area contributed by atoms with Crippen molar-refractivity contribution in [1.82, 2.24) is 4.98 Å². The Hall–Kier alpha value is -3.06. The van der Waals surface area contributed by atoms with E-state index in [9.17, 15) is 17.6 Å². The number of carbonyl (C=O) groups is 1. The number of para-hydroxylation sites is 1. The second-order valence-corrected chi connectivity index (χ2v) is 8.44. The van der Waals surface area contributed by atoms with Gasteiger partial charge in [-0.2, -0.15) is 0 Å². The van der Waals surface area contributed by atoms with Crippen molar-refractivity contribution in [2.45, 2.75) is 18.4 Å². The lowest BCUT2D eigenvalue weighted by molar-refractivity contribution is 0.0984. The van der Waals surface area contributed by atoms with Crippen LogP contribution in [0.15, 0.2) is 71.9 Å². The Morgan fingerprint density at radius 2 is 1.86 bits per heavy atom. The average Bonchev–Trinajstić information content (AvgIpc) is 2.68. The Kier molecular flexibility index (Phi) is 5.56. The topological polar surface area (TPSA) is 67.3 Å². The molecule has 1 aromatic heterocycles. The first-order valence-corrected chi connectivity index (χ1v) is 10.4. The lowest BCUT2D eigenvalue weighted by Crippen LogP contribution is -2.31. The van der Waals surface area contributed by atoms with E-state index in [1.54, 1.807) is 55.6 Å². The minimum Gasteiger partial charge on any atom is -0.303 e. The Labute approximate surface area is 163 Å². The van der Waals surface area contributed by atoms with Gasteiger partial charge in [0.2, 0.25) is 0 Å². The molecule has 5 nitrogen and oxygen atoms in total. The second kappa shape index (κ2) is 7.90. The fourth-order valence-corrected chi connectivity index (χ4v) is 3.71. The summed E-state index contributed by atoms with van der Waals surface area (Å²) < 4.78 is 38.5. The van der Waals surface area contributed by atoms with Gasteiger partial charge in [-0.25, -0.2) is 12.8 Å². The number of aryl methyl sites for hydroxylation is 1. The smallest absolute Gasteiger partial charge is 0.260 e. The van der Waals surface area contributed by atoms with Gasteiger partial charge in [0.05, 0.1) is 22.7 Å². The zero-order chi connectivity index (χ0) is 20.3. The number of carbonyl (C=O) groups excluding carboxylic acids is 1. The van der Waals surface area contributed by atoms with E-state index in [1.807, 2.05) is 0 Å². The first-order chi connectivity index (χ1) is 13.3. The lowest BCUT2D eigenvalue weighted by atomic mass is 10.1. The molecule has 0 aliphatic rings. The average molecular weight is 398 g/mol. The van der Waals surface area contributed by atoms with Crippen LogP contribution < -0.4 is 4.90 Å². The van der Waals surface area contributed by atoms with Gasteiger partial charge in [0, 0.05) is 18.6 Å². The van der Waals surface area contributed by atoms with E-state index < -0.39 is 15.7 Å². The molecule has 0 spiro atoms. The Bertz CT molecular complexity index is 1120. The number of sulfone groups is 1. The van der Waals surface area contributed by atoms with Crippen LogP contribution >= 0.6 is 0 Å². The van der Waals surface area contributed by atoms with Gasteiger partial charge in [-0.3, -0.25) is 9.78 Å². The van der Waals surface area contributed by atoms with Crippen molar-refractivity contribution in [3.8, 4) is 0 Å². The summed E-state index contributed by atoms with van der Waals surface area (Å²) in [7, 11) is -3.58. The SMILES string of the molecule is Cc1ccc(CN(C(=O)c2cccnc2)c2ccccc2S(C)(=O)=O)cc1F. The third-order valence-corrected chi connectivity index (χ3v) is 5.43.